The molecular formula is C10H13Cl3N2O. The molecule has 1 aromatic rings. The average molecular weight is 284 g/mol. The summed E-state index contributed by atoms with van der Waals surface area (Å²) in [7, 11) is 2.09. The van der Waals surface area contributed by atoms with E-state index in [1.165, 1.54) is 6.42 Å². The maximum Gasteiger partial charge on any atom is 0.147 e. The van der Waals surface area contributed by atoms with E-state index >= 15 is 0 Å². The van der Waals surface area contributed by atoms with E-state index in [9.17, 15) is 0 Å². The van der Waals surface area contributed by atoms with Crippen molar-refractivity contribution in [1.29, 1.82) is 0 Å². The first-order valence-electron chi connectivity index (χ1n) is 4.81. The molecule has 0 spiro atoms. The zero-order valence-electron chi connectivity index (χ0n) is 8.82. The van der Waals surface area contributed by atoms with Crippen molar-refractivity contribution in [3.8, 4) is 5.75 Å². The third-order valence-corrected chi connectivity index (χ3v) is 3.34. The summed E-state index contributed by atoms with van der Waals surface area (Å²) in [4.78, 5) is 6.17. The normalized spacial score (nSPS) is 19.8. The fraction of sp³-hybridized carbons (Fsp3) is 0.500. The van der Waals surface area contributed by atoms with Gasteiger partial charge in [-0.25, -0.2) is 4.98 Å². The molecule has 2 heterocycles. The highest BCUT2D eigenvalue weighted by atomic mass is 35.5. The van der Waals surface area contributed by atoms with Crippen molar-refractivity contribution in [2.45, 2.75) is 12.5 Å². The Bertz CT molecular complexity index is 362. The smallest absolute Gasteiger partial charge is 0.147 e. The Morgan fingerprint density at radius 1 is 1.56 bits per heavy atom. The second-order valence-corrected chi connectivity index (χ2v) is 4.44. The van der Waals surface area contributed by atoms with Crippen LogP contribution in [0, 0.1) is 0 Å². The van der Waals surface area contributed by atoms with Gasteiger partial charge in [-0.2, -0.15) is 0 Å². The predicted octanol–water partition coefficient (Wildman–Crippen LogP) is 2.89. The minimum atomic E-state index is 0. The first-order chi connectivity index (χ1) is 7.16. The van der Waals surface area contributed by atoms with Crippen LogP contribution in [0.1, 0.15) is 6.42 Å². The summed E-state index contributed by atoms with van der Waals surface area (Å²) in [5.74, 6) is 0.671. The minimum absolute atomic E-state index is 0. The van der Waals surface area contributed by atoms with Crippen LogP contribution in [0.5, 0.6) is 5.75 Å². The summed E-state index contributed by atoms with van der Waals surface area (Å²) in [5.41, 5.74) is 0. The Balaban J connectivity index is 0.00000128. The van der Waals surface area contributed by atoms with E-state index in [4.69, 9.17) is 27.9 Å². The summed E-state index contributed by atoms with van der Waals surface area (Å²) in [5, 5.41) is 0.737. The van der Waals surface area contributed by atoms with Gasteiger partial charge in [0.2, 0.25) is 0 Å². The van der Waals surface area contributed by atoms with Crippen LogP contribution in [0.4, 0.5) is 0 Å². The topological polar surface area (TPSA) is 25.4 Å². The molecule has 0 amide bonds. The van der Waals surface area contributed by atoms with Crippen molar-refractivity contribution in [1.82, 2.24) is 9.88 Å². The molecule has 6 heteroatoms. The largest absolute Gasteiger partial charge is 0.490 e. The molecule has 1 aliphatic rings. The summed E-state index contributed by atoms with van der Waals surface area (Å²) in [6, 6.07) is 2.20. The van der Waals surface area contributed by atoms with Gasteiger partial charge in [0, 0.05) is 12.1 Å². The van der Waals surface area contributed by atoms with E-state index < -0.39 is 0 Å². The van der Waals surface area contributed by atoms with Crippen molar-refractivity contribution in [3.05, 3.63) is 22.4 Å². The summed E-state index contributed by atoms with van der Waals surface area (Å²) < 4.78 is 5.57. The first kappa shape index (κ1) is 13.8. The molecule has 1 aromatic heterocycles. The Kier molecular flexibility index (Phi) is 5.12. The highest BCUT2D eigenvalue weighted by Crippen LogP contribution is 2.24. The lowest BCUT2D eigenvalue weighted by Crippen LogP contribution is -2.48. The monoisotopic (exact) mass is 282 g/mol. The minimum Gasteiger partial charge on any atom is -0.490 e. The molecule has 90 valence electrons. The Morgan fingerprint density at radius 3 is 2.81 bits per heavy atom. The third-order valence-electron chi connectivity index (χ3n) is 2.65. The zero-order chi connectivity index (χ0) is 10.8. The predicted molar refractivity (Wildman–Crippen MR) is 68.0 cm³/mol. The zero-order valence-corrected chi connectivity index (χ0v) is 11.1. The lowest BCUT2D eigenvalue weighted by atomic mass is 10.1. The maximum absolute atomic E-state index is 5.82. The molecule has 0 aromatic carbocycles. The number of nitrogens with zero attached hydrogens (tertiary/aromatic N) is 2. The number of pyridine rings is 1. The highest BCUT2D eigenvalue weighted by Gasteiger charge is 2.24. The highest BCUT2D eigenvalue weighted by molar-refractivity contribution is 6.41. The van der Waals surface area contributed by atoms with Crippen LogP contribution in [0.25, 0.3) is 0 Å². The summed E-state index contributed by atoms with van der Waals surface area (Å²) in [6.07, 6.45) is 2.78. The number of rotatable bonds is 3. The van der Waals surface area contributed by atoms with E-state index in [0.29, 0.717) is 28.6 Å². The number of hydrogen-bond donors (Lipinski definition) is 0. The number of likely N-dealkylation sites (tertiary alicyclic amines) is 1. The maximum atomic E-state index is 5.82. The molecule has 1 atom stereocenters. The second kappa shape index (κ2) is 5.92. The Hall–Kier alpha value is -0.220. The molecule has 0 saturated carbocycles. The quantitative estimate of drug-likeness (QED) is 0.798. The molecule has 1 aliphatic heterocycles. The van der Waals surface area contributed by atoms with E-state index in [0.717, 1.165) is 6.54 Å². The second-order valence-electron chi connectivity index (χ2n) is 3.68. The molecular weight excluding hydrogens is 270 g/mol. The van der Waals surface area contributed by atoms with Crippen molar-refractivity contribution >= 4 is 35.6 Å². The van der Waals surface area contributed by atoms with Crippen LogP contribution in [0.15, 0.2) is 12.3 Å². The van der Waals surface area contributed by atoms with Crippen molar-refractivity contribution < 1.29 is 4.74 Å². The Labute approximate surface area is 111 Å². The van der Waals surface area contributed by atoms with E-state index in [2.05, 4.69) is 16.9 Å². The number of likely N-dealkylation sites (N-methyl/N-ethyl adjacent to an activating group) is 1. The molecule has 1 fully saturated rings. The van der Waals surface area contributed by atoms with Crippen molar-refractivity contribution in [2.24, 2.45) is 0 Å². The van der Waals surface area contributed by atoms with Gasteiger partial charge in [0.1, 0.15) is 17.5 Å². The van der Waals surface area contributed by atoms with Crippen molar-refractivity contribution in [2.75, 3.05) is 20.2 Å². The summed E-state index contributed by atoms with van der Waals surface area (Å²) >= 11 is 11.5. The molecule has 3 nitrogen and oxygen atoms in total. The van der Waals surface area contributed by atoms with Crippen LogP contribution in [-0.4, -0.2) is 36.1 Å². The number of aromatic nitrogens is 1. The van der Waals surface area contributed by atoms with Gasteiger partial charge in [-0.3, -0.25) is 4.90 Å². The van der Waals surface area contributed by atoms with Gasteiger partial charge in [-0.15, -0.1) is 12.4 Å². The third kappa shape index (κ3) is 3.14. The fourth-order valence-corrected chi connectivity index (χ4v) is 1.72. The molecule has 16 heavy (non-hydrogen) atoms. The van der Waals surface area contributed by atoms with Gasteiger partial charge in [-0.1, -0.05) is 23.2 Å². The van der Waals surface area contributed by atoms with Gasteiger partial charge >= 0.3 is 0 Å². The number of hydrogen-bond acceptors (Lipinski definition) is 3. The van der Waals surface area contributed by atoms with Crippen LogP contribution in [-0.2, 0) is 0 Å². The van der Waals surface area contributed by atoms with Gasteiger partial charge < -0.3 is 4.74 Å². The van der Waals surface area contributed by atoms with E-state index in [-0.39, 0.29) is 12.4 Å². The van der Waals surface area contributed by atoms with E-state index in [1.807, 2.05) is 0 Å². The SMILES string of the molecule is CN1CC[C@@H]1COc1cnc(Cl)c(Cl)c1.Cl. The molecule has 1 saturated heterocycles. The van der Waals surface area contributed by atoms with Crippen molar-refractivity contribution in [3.63, 3.8) is 0 Å². The summed E-state index contributed by atoms with van der Waals surface area (Å²) in [6.45, 7) is 1.82. The van der Waals surface area contributed by atoms with Crippen LogP contribution >= 0.6 is 35.6 Å². The van der Waals surface area contributed by atoms with Gasteiger partial charge in [0.25, 0.3) is 0 Å². The fourth-order valence-electron chi connectivity index (χ4n) is 1.46. The molecule has 0 aliphatic carbocycles. The standard InChI is InChI=1S/C10H12Cl2N2O.ClH/c1-14-3-2-7(14)6-15-8-4-9(11)10(12)13-5-8;/h4-5,7H,2-3,6H2,1H3;1H/t7-;/m1./s1. The van der Waals surface area contributed by atoms with Gasteiger partial charge in [0.05, 0.1) is 11.2 Å². The molecule has 0 bridgehead atoms. The number of halogens is 3. The number of ether oxygens (including phenoxy) is 1. The molecule has 2 rings (SSSR count). The molecule has 0 N–H and O–H groups in total. The van der Waals surface area contributed by atoms with Crippen LogP contribution in [0.2, 0.25) is 10.2 Å². The van der Waals surface area contributed by atoms with E-state index in [1.54, 1.807) is 12.3 Å². The average Bonchev–Trinajstić information content (AvgIpc) is 2.21. The lowest BCUT2D eigenvalue weighted by Gasteiger charge is -2.37. The van der Waals surface area contributed by atoms with Crippen LogP contribution in [0.3, 0.4) is 0 Å². The Morgan fingerprint density at radius 2 is 2.31 bits per heavy atom. The lowest BCUT2D eigenvalue weighted by molar-refractivity contribution is 0.0767. The van der Waals surface area contributed by atoms with Crippen LogP contribution < -0.4 is 4.74 Å². The van der Waals surface area contributed by atoms with Gasteiger partial charge in [0.15, 0.2) is 0 Å². The van der Waals surface area contributed by atoms with Gasteiger partial charge in [-0.05, 0) is 20.0 Å². The molecule has 0 unspecified atom stereocenters. The first-order valence-corrected chi connectivity index (χ1v) is 5.56. The molecule has 0 radical (unpaired) electrons.